The van der Waals surface area contributed by atoms with Gasteiger partial charge in [0, 0.05) is 12.7 Å². The van der Waals surface area contributed by atoms with E-state index in [0.29, 0.717) is 12.1 Å². The molecular weight excluding hydrogens is 256 g/mol. The summed E-state index contributed by atoms with van der Waals surface area (Å²) in [6.07, 6.45) is 0.707. The second-order valence-corrected chi connectivity index (χ2v) is 4.38. The molecule has 0 unspecified atom stereocenters. The molecule has 3 N–H and O–H groups in total. The first-order valence-electron chi connectivity index (χ1n) is 6.33. The number of H-pyrrole nitrogens is 1. The van der Waals surface area contributed by atoms with Crippen LogP contribution in [0.4, 0.5) is 11.4 Å². The molecule has 1 aromatic heterocycles. The molecule has 2 aromatic rings. The fourth-order valence-electron chi connectivity index (χ4n) is 1.90. The van der Waals surface area contributed by atoms with Gasteiger partial charge in [-0.2, -0.15) is 5.10 Å². The van der Waals surface area contributed by atoms with Crippen LogP contribution in [0, 0.1) is 0 Å². The first-order valence-corrected chi connectivity index (χ1v) is 6.33. The molecule has 0 aliphatic rings. The van der Waals surface area contributed by atoms with Crippen LogP contribution in [-0.2, 0) is 6.42 Å². The van der Waals surface area contributed by atoms with Gasteiger partial charge in [0.25, 0.3) is 5.91 Å². The maximum atomic E-state index is 12.4. The molecule has 0 spiro atoms. The average Bonchev–Trinajstić information content (AvgIpc) is 2.86. The van der Waals surface area contributed by atoms with Crippen molar-refractivity contribution in [1.82, 2.24) is 10.2 Å². The monoisotopic (exact) mass is 274 g/mol. The van der Waals surface area contributed by atoms with Gasteiger partial charge in [-0.15, -0.1) is 0 Å². The van der Waals surface area contributed by atoms with Gasteiger partial charge >= 0.3 is 0 Å². The number of aromatic nitrogens is 2. The molecule has 0 atom stereocenters. The van der Waals surface area contributed by atoms with Crippen LogP contribution < -0.4 is 15.4 Å². The minimum absolute atomic E-state index is 0.247. The fraction of sp³-hybridized carbons (Fsp3) is 0.286. The van der Waals surface area contributed by atoms with Crippen LogP contribution >= 0.6 is 0 Å². The lowest BCUT2D eigenvalue weighted by molar-refractivity contribution is 0.0989. The molecular formula is C14H18N4O2. The molecule has 2 rings (SSSR count). The van der Waals surface area contributed by atoms with Crippen molar-refractivity contribution in [3.8, 4) is 5.75 Å². The molecule has 0 bridgehead atoms. The minimum atomic E-state index is -0.247. The Labute approximate surface area is 117 Å². The lowest BCUT2D eigenvalue weighted by atomic mass is 10.2. The molecule has 106 valence electrons. The number of carbonyl (C=O) groups excluding carboxylic acids is 1. The smallest absolute Gasteiger partial charge is 0.280 e. The maximum absolute atomic E-state index is 12.4. The number of rotatable bonds is 4. The number of carbonyl (C=O) groups is 1. The van der Waals surface area contributed by atoms with E-state index in [2.05, 4.69) is 10.2 Å². The van der Waals surface area contributed by atoms with Crippen molar-refractivity contribution in [1.29, 1.82) is 0 Å². The van der Waals surface area contributed by atoms with Crippen molar-refractivity contribution >= 4 is 17.3 Å². The Morgan fingerprint density at radius 2 is 2.05 bits per heavy atom. The van der Waals surface area contributed by atoms with Crippen molar-refractivity contribution in [2.45, 2.75) is 13.3 Å². The van der Waals surface area contributed by atoms with Crippen LogP contribution in [0.3, 0.4) is 0 Å². The van der Waals surface area contributed by atoms with E-state index in [1.54, 1.807) is 38.4 Å². The van der Waals surface area contributed by atoms with Crippen LogP contribution in [0.25, 0.3) is 0 Å². The molecule has 1 aromatic carbocycles. The highest BCUT2D eigenvalue weighted by Crippen LogP contribution is 2.22. The zero-order valence-electron chi connectivity index (χ0n) is 11.8. The molecule has 0 fully saturated rings. The normalized spacial score (nSPS) is 10.3. The second kappa shape index (κ2) is 5.64. The van der Waals surface area contributed by atoms with Crippen molar-refractivity contribution in [2.24, 2.45) is 0 Å². The van der Waals surface area contributed by atoms with Gasteiger partial charge in [0.05, 0.1) is 18.5 Å². The van der Waals surface area contributed by atoms with Gasteiger partial charge in [0.1, 0.15) is 5.75 Å². The van der Waals surface area contributed by atoms with E-state index in [1.165, 1.54) is 4.90 Å². The van der Waals surface area contributed by atoms with Crippen LogP contribution in [0.5, 0.6) is 5.75 Å². The number of hydrogen-bond acceptors (Lipinski definition) is 4. The highest BCUT2D eigenvalue weighted by molar-refractivity contribution is 6.07. The van der Waals surface area contributed by atoms with Gasteiger partial charge in [0.2, 0.25) is 0 Å². The first-order chi connectivity index (χ1) is 9.58. The zero-order valence-corrected chi connectivity index (χ0v) is 11.8. The third-order valence-corrected chi connectivity index (χ3v) is 3.20. The summed E-state index contributed by atoms with van der Waals surface area (Å²) in [5, 5.41) is 6.79. The number of amides is 1. The number of nitrogens with one attached hydrogen (secondary N) is 1. The topological polar surface area (TPSA) is 84.2 Å². The number of nitrogens with zero attached hydrogens (tertiary/aromatic N) is 2. The Hall–Kier alpha value is -2.50. The summed E-state index contributed by atoms with van der Waals surface area (Å²) in [7, 11) is 3.28. The molecule has 1 amide bonds. The molecule has 1 heterocycles. The van der Waals surface area contributed by atoms with Crippen LogP contribution in [-0.4, -0.2) is 30.3 Å². The third-order valence-electron chi connectivity index (χ3n) is 3.20. The predicted molar refractivity (Wildman–Crippen MR) is 78.1 cm³/mol. The van der Waals surface area contributed by atoms with Gasteiger partial charge in [-0.05, 0) is 30.7 Å². The second-order valence-electron chi connectivity index (χ2n) is 4.38. The summed E-state index contributed by atoms with van der Waals surface area (Å²) in [6, 6.07) is 7.20. The van der Waals surface area contributed by atoms with E-state index in [0.717, 1.165) is 17.1 Å². The van der Waals surface area contributed by atoms with Crippen molar-refractivity contribution < 1.29 is 9.53 Å². The number of nitrogens with two attached hydrogens (primary N) is 1. The summed E-state index contributed by atoms with van der Waals surface area (Å²) < 4.78 is 5.09. The summed E-state index contributed by atoms with van der Waals surface area (Å²) in [4.78, 5) is 13.9. The van der Waals surface area contributed by atoms with Gasteiger partial charge in [-0.3, -0.25) is 9.89 Å². The Kier molecular flexibility index (Phi) is 3.93. The van der Waals surface area contributed by atoms with Crippen molar-refractivity contribution in [3.05, 3.63) is 35.7 Å². The Balaban J connectivity index is 2.24. The quantitative estimate of drug-likeness (QED) is 0.891. The summed E-state index contributed by atoms with van der Waals surface area (Å²) in [5.74, 6) is 0.491. The molecule has 0 saturated heterocycles. The highest BCUT2D eigenvalue weighted by atomic mass is 16.5. The van der Waals surface area contributed by atoms with E-state index < -0.39 is 0 Å². The van der Waals surface area contributed by atoms with Gasteiger partial charge in [-0.25, -0.2) is 0 Å². The first kappa shape index (κ1) is 13.9. The van der Waals surface area contributed by atoms with E-state index in [-0.39, 0.29) is 11.6 Å². The molecule has 0 saturated carbocycles. The number of aryl methyl sites for hydroxylation is 1. The minimum Gasteiger partial charge on any atom is -0.497 e. The van der Waals surface area contributed by atoms with Gasteiger partial charge < -0.3 is 15.4 Å². The van der Waals surface area contributed by atoms with Crippen LogP contribution in [0.1, 0.15) is 23.1 Å². The summed E-state index contributed by atoms with van der Waals surface area (Å²) >= 11 is 0. The average molecular weight is 274 g/mol. The lowest BCUT2D eigenvalue weighted by Crippen LogP contribution is -2.27. The van der Waals surface area contributed by atoms with Gasteiger partial charge in [-0.1, -0.05) is 6.92 Å². The number of ether oxygens (including phenoxy) is 1. The predicted octanol–water partition coefficient (Wildman–Crippen LogP) is 1.84. The molecule has 0 aliphatic heterocycles. The van der Waals surface area contributed by atoms with E-state index >= 15 is 0 Å². The number of anilines is 2. The van der Waals surface area contributed by atoms with E-state index in [1.807, 2.05) is 6.92 Å². The molecule has 0 radical (unpaired) electrons. The highest BCUT2D eigenvalue weighted by Gasteiger charge is 2.21. The van der Waals surface area contributed by atoms with E-state index in [9.17, 15) is 4.79 Å². The Morgan fingerprint density at radius 1 is 1.40 bits per heavy atom. The number of benzene rings is 1. The fourth-order valence-corrected chi connectivity index (χ4v) is 1.90. The summed E-state index contributed by atoms with van der Waals surface area (Å²) in [5.41, 5.74) is 8.10. The molecule has 20 heavy (non-hydrogen) atoms. The Bertz CT molecular complexity index is 604. The maximum Gasteiger partial charge on any atom is 0.280 e. The largest absolute Gasteiger partial charge is 0.497 e. The standard InChI is InChI=1S/C14H18N4O2/c1-4-11-12(15)13(17-16-11)14(19)18(2)9-5-7-10(20-3)8-6-9/h5-8H,4,15H2,1-3H3,(H,16,17). The SMILES string of the molecule is CCc1[nH]nc(C(=O)N(C)c2ccc(OC)cc2)c1N. The number of methoxy groups -OCH3 is 1. The van der Waals surface area contributed by atoms with Crippen molar-refractivity contribution in [2.75, 3.05) is 24.8 Å². The number of nitrogen functional groups attached to an aromatic ring is 1. The van der Waals surface area contributed by atoms with E-state index in [4.69, 9.17) is 10.5 Å². The zero-order chi connectivity index (χ0) is 14.7. The molecule has 0 aliphatic carbocycles. The van der Waals surface area contributed by atoms with Crippen molar-refractivity contribution in [3.63, 3.8) is 0 Å². The third kappa shape index (κ3) is 2.45. The molecule has 6 heteroatoms. The number of hydrogen-bond donors (Lipinski definition) is 2. The lowest BCUT2D eigenvalue weighted by Gasteiger charge is -2.16. The number of aromatic amines is 1. The van der Waals surface area contributed by atoms with Crippen LogP contribution in [0.2, 0.25) is 0 Å². The Morgan fingerprint density at radius 3 is 2.55 bits per heavy atom. The van der Waals surface area contributed by atoms with Gasteiger partial charge in [0.15, 0.2) is 5.69 Å². The van der Waals surface area contributed by atoms with Crippen LogP contribution in [0.15, 0.2) is 24.3 Å². The summed E-state index contributed by atoms with van der Waals surface area (Å²) in [6.45, 7) is 1.95. The molecule has 6 nitrogen and oxygen atoms in total.